The van der Waals surface area contributed by atoms with Crippen molar-refractivity contribution in [1.29, 1.82) is 0 Å². The molecule has 0 unspecified atom stereocenters. The molecule has 1 aliphatic rings. The molecule has 1 aromatic carbocycles. The number of nitrogens with one attached hydrogen (secondary N) is 1. The standard InChI is InChI=1S/C17H20N6O/c1-21-13-7-5-4-6-11(13)19-17(21)20-12-10-15(24)22(2)16(12)14-8-9-18-23(14)3/h4-9,12,16H,10H2,1-3H3,(H,19,20)/t12-,16-/m1/s1. The molecule has 1 fully saturated rings. The lowest BCUT2D eigenvalue weighted by Gasteiger charge is -2.25. The number of benzene rings is 1. The van der Waals surface area contributed by atoms with Gasteiger partial charge in [0.15, 0.2) is 0 Å². The Balaban J connectivity index is 1.70. The molecule has 0 spiro atoms. The highest BCUT2D eigenvalue weighted by molar-refractivity contribution is 5.82. The van der Waals surface area contributed by atoms with Crippen LogP contribution in [-0.4, -0.2) is 43.2 Å². The average molecular weight is 324 g/mol. The third-order valence-electron chi connectivity index (χ3n) is 4.85. The molecule has 0 bridgehead atoms. The number of hydrogen-bond donors (Lipinski definition) is 1. The van der Waals surface area contributed by atoms with Crippen molar-refractivity contribution in [2.75, 3.05) is 12.4 Å². The lowest BCUT2D eigenvalue weighted by atomic mass is 10.1. The monoisotopic (exact) mass is 324 g/mol. The van der Waals surface area contributed by atoms with Crippen LogP contribution in [0.2, 0.25) is 0 Å². The third kappa shape index (κ3) is 2.16. The molecule has 1 saturated heterocycles. The van der Waals surface area contributed by atoms with E-state index in [9.17, 15) is 4.79 Å². The average Bonchev–Trinajstić information content (AvgIpc) is 3.20. The summed E-state index contributed by atoms with van der Waals surface area (Å²) in [6, 6.07) is 9.86. The topological polar surface area (TPSA) is 68.0 Å². The second-order valence-corrected chi connectivity index (χ2v) is 6.27. The van der Waals surface area contributed by atoms with Gasteiger partial charge in [0.25, 0.3) is 0 Å². The Morgan fingerprint density at radius 3 is 2.67 bits per heavy atom. The fourth-order valence-electron chi connectivity index (χ4n) is 3.52. The number of likely N-dealkylation sites (tertiary alicyclic amines) is 1. The van der Waals surface area contributed by atoms with E-state index in [-0.39, 0.29) is 18.0 Å². The molecule has 7 heteroatoms. The lowest BCUT2D eigenvalue weighted by Crippen LogP contribution is -2.32. The maximum absolute atomic E-state index is 12.3. The summed E-state index contributed by atoms with van der Waals surface area (Å²) in [5.41, 5.74) is 3.02. The molecule has 2 aromatic heterocycles. The SMILES string of the molecule is CN1C(=O)C[C@@H](Nc2nc3ccccc3n2C)[C@@H]1c1ccnn1C. The number of carbonyl (C=O) groups is 1. The van der Waals surface area contributed by atoms with Crippen molar-refractivity contribution in [3.8, 4) is 0 Å². The molecule has 24 heavy (non-hydrogen) atoms. The summed E-state index contributed by atoms with van der Waals surface area (Å²) in [6.45, 7) is 0. The zero-order valence-electron chi connectivity index (χ0n) is 14.0. The maximum Gasteiger partial charge on any atom is 0.225 e. The number of aryl methyl sites for hydroxylation is 2. The highest BCUT2D eigenvalue weighted by Crippen LogP contribution is 2.33. The Hall–Kier alpha value is -2.83. The molecule has 1 aliphatic heterocycles. The number of nitrogens with zero attached hydrogens (tertiary/aromatic N) is 5. The zero-order chi connectivity index (χ0) is 16.8. The van der Waals surface area contributed by atoms with Crippen LogP contribution in [0, 0.1) is 0 Å². The summed E-state index contributed by atoms with van der Waals surface area (Å²) in [6.07, 6.45) is 2.20. The molecule has 1 amide bonds. The van der Waals surface area contributed by atoms with Crippen molar-refractivity contribution in [3.63, 3.8) is 0 Å². The van der Waals surface area contributed by atoms with Gasteiger partial charge in [0.1, 0.15) is 0 Å². The molecule has 3 heterocycles. The summed E-state index contributed by atoms with van der Waals surface area (Å²) in [4.78, 5) is 18.7. The number of fused-ring (bicyclic) bond motifs is 1. The predicted octanol–water partition coefficient (Wildman–Crippen LogP) is 1.69. The molecule has 0 radical (unpaired) electrons. The Morgan fingerprint density at radius 1 is 1.17 bits per heavy atom. The Bertz CT molecular complexity index is 911. The van der Waals surface area contributed by atoms with Gasteiger partial charge in [-0.05, 0) is 18.2 Å². The summed E-state index contributed by atoms with van der Waals surface area (Å²) in [5, 5.41) is 7.72. The van der Waals surface area contributed by atoms with E-state index in [0.717, 1.165) is 22.7 Å². The largest absolute Gasteiger partial charge is 0.350 e. The number of para-hydroxylation sites is 2. The molecule has 4 rings (SSSR count). The highest BCUT2D eigenvalue weighted by atomic mass is 16.2. The van der Waals surface area contributed by atoms with E-state index in [4.69, 9.17) is 0 Å². The smallest absolute Gasteiger partial charge is 0.225 e. The quantitative estimate of drug-likeness (QED) is 0.796. The van der Waals surface area contributed by atoms with Crippen molar-refractivity contribution < 1.29 is 4.79 Å². The lowest BCUT2D eigenvalue weighted by molar-refractivity contribution is -0.127. The molecular weight excluding hydrogens is 304 g/mol. The summed E-state index contributed by atoms with van der Waals surface area (Å²) < 4.78 is 3.85. The number of hydrogen-bond acceptors (Lipinski definition) is 4. The van der Waals surface area contributed by atoms with Crippen LogP contribution in [0.4, 0.5) is 5.95 Å². The van der Waals surface area contributed by atoms with Gasteiger partial charge in [-0.2, -0.15) is 5.10 Å². The van der Waals surface area contributed by atoms with Crippen LogP contribution in [0.15, 0.2) is 36.5 Å². The number of amides is 1. The van der Waals surface area contributed by atoms with Crippen LogP contribution in [-0.2, 0) is 18.9 Å². The van der Waals surface area contributed by atoms with Crippen molar-refractivity contribution in [2.24, 2.45) is 14.1 Å². The first-order valence-electron chi connectivity index (χ1n) is 7.98. The van der Waals surface area contributed by atoms with E-state index in [2.05, 4.69) is 15.4 Å². The van der Waals surface area contributed by atoms with E-state index in [1.165, 1.54) is 0 Å². The van der Waals surface area contributed by atoms with Crippen LogP contribution in [0.5, 0.6) is 0 Å². The maximum atomic E-state index is 12.3. The van der Waals surface area contributed by atoms with Gasteiger partial charge in [0.2, 0.25) is 11.9 Å². The van der Waals surface area contributed by atoms with Gasteiger partial charge < -0.3 is 14.8 Å². The number of carbonyl (C=O) groups excluding carboxylic acids is 1. The molecule has 1 N–H and O–H groups in total. The Kier molecular flexibility index (Phi) is 3.30. The Morgan fingerprint density at radius 2 is 1.96 bits per heavy atom. The number of likely N-dealkylation sites (N-methyl/N-ethyl adjacent to an activating group) is 1. The van der Waals surface area contributed by atoms with Crippen molar-refractivity contribution in [2.45, 2.75) is 18.5 Å². The first-order chi connectivity index (χ1) is 11.6. The van der Waals surface area contributed by atoms with Gasteiger partial charge >= 0.3 is 0 Å². The van der Waals surface area contributed by atoms with E-state index >= 15 is 0 Å². The van der Waals surface area contributed by atoms with Gasteiger partial charge in [-0.3, -0.25) is 9.48 Å². The third-order valence-corrected chi connectivity index (χ3v) is 4.85. The van der Waals surface area contributed by atoms with Gasteiger partial charge in [0.05, 0.1) is 28.8 Å². The van der Waals surface area contributed by atoms with Crippen LogP contribution < -0.4 is 5.32 Å². The molecule has 0 saturated carbocycles. The van der Waals surface area contributed by atoms with Crippen LogP contribution >= 0.6 is 0 Å². The summed E-state index contributed by atoms with van der Waals surface area (Å²) in [5.74, 6) is 0.897. The fourth-order valence-corrected chi connectivity index (χ4v) is 3.52. The van der Waals surface area contributed by atoms with E-state index in [1.807, 2.05) is 60.7 Å². The molecule has 0 aliphatic carbocycles. The Labute approximate surface area is 139 Å². The minimum Gasteiger partial charge on any atom is -0.350 e. The van der Waals surface area contributed by atoms with Crippen molar-refractivity contribution in [1.82, 2.24) is 24.2 Å². The second-order valence-electron chi connectivity index (χ2n) is 6.27. The van der Waals surface area contributed by atoms with Gasteiger partial charge in [-0.1, -0.05) is 12.1 Å². The summed E-state index contributed by atoms with van der Waals surface area (Å²) in [7, 11) is 5.73. The van der Waals surface area contributed by atoms with Gasteiger partial charge in [0, 0.05) is 33.8 Å². The second kappa shape index (κ2) is 5.36. The van der Waals surface area contributed by atoms with E-state index in [0.29, 0.717) is 6.42 Å². The first kappa shape index (κ1) is 14.7. The van der Waals surface area contributed by atoms with Crippen LogP contribution in [0.1, 0.15) is 18.2 Å². The van der Waals surface area contributed by atoms with Crippen LogP contribution in [0.25, 0.3) is 11.0 Å². The zero-order valence-corrected chi connectivity index (χ0v) is 14.0. The van der Waals surface area contributed by atoms with Gasteiger partial charge in [-0.25, -0.2) is 4.98 Å². The predicted molar refractivity (Wildman–Crippen MR) is 91.5 cm³/mol. The minimum atomic E-state index is -0.0650. The molecule has 124 valence electrons. The van der Waals surface area contributed by atoms with Crippen molar-refractivity contribution >= 4 is 22.9 Å². The van der Waals surface area contributed by atoms with E-state index < -0.39 is 0 Å². The molecule has 2 atom stereocenters. The fraction of sp³-hybridized carbons (Fsp3) is 0.353. The number of anilines is 1. The number of aromatic nitrogens is 4. The number of rotatable bonds is 3. The van der Waals surface area contributed by atoms with Gasteiger partial charge in [-0.15, -0.1) is 0 Å². The van der Waals surface area contributed by atoms with E-state index in [1.54, 1.807) is 11.1 Å². The molecule has 7 nitrogen and oxygen atoms in total. The molecular formula is C17H20N6O. The van der Waals surface area contributed by atoms with Crippen LogP contribution in [0.3, 0.4) is 0 Å². The molecule has 3 aromatic rings. The normalized spacial score (nSPS) is 21.0. The summed E-state index contributed by atoms with van der Waals surface area (Å²) >= 11 is 0. The number of imidazole rings is 1. The minimum absolute atomic E-state index is 0.0478. The first-order valence-corrected chi connectivity index (χ1v) is 7.98. The highest BCUT2D eigenvalue weighted by Gasteiger charge is 2.40. The van der Waals surface area contributed by atoms with Crippen molar-refractivity contribution in [3.05, 3.63) is 42.2 Å².